The van der Waals surface area contributed by atoms with E-state index in [-0.39, 0.29) is 48.3 Å². The van der Waals surface area contributed by atoms with E-state index in [2.05, 4.69) is 0 Å². The third-order valence-corrected chi connectivity index (χ3v) is 7.03. The second-order valence-corrected chi connectivity index (χ2v) is 9.44. The van der Waals surface area contributed by atoms with Crippen LogP contribution in [0.15, 0.2) is 60.2 Å². The summed E-state index contributed by atoms with van der Waals surface area (Å²) in [4.78, 5) is 54.5. The number of ether oxygens (including phenoxy) is 2. The van der Waals surface area contributed by atoms with Crippen LogP contribution in [-0.2, 0) is 19.2 Å². The van der Waals surface area contributed by atoms with Crippen molar-refractivity contribution in [2.24, 2.45) is 17.8 Å². The maximum atomic E-state index is 13.0. The van der Waals surface area contributed by atoms with Gasteiger partial charge in [-0.05, 0) is 51.0 Å². The highest BCUT2D eigenvalue weighted by atomic mass is 16.5. The third-order valence-electron chi connectivity index (χ3n) is 7.03. The molecule has 1 aliphatic carbocycles. The number of amides is 3. The van der Waals surface area contributed by atoms with Gasteiger partial charge in [-0.15, -0.1) is 0 Å². The van der Waals surface area contributed by atoms with Crippen LogP contribution < -0.4 is 19.3 Å². The highest BCUT2D eigenvalue weighted by Gasteiger charge is 2.48. The molecule has 0 bridgehead atoms. The molecule has 2 fully saturated rings. The molecule has 8 heteroatoms. The minimum Gasteiger partial charge on any atom is -0.492 e. The smallest absolute Gasteiger partial charge is 0.316 e. The first-order chi connectivity index (χ1) is 17.4. The van der Waals surface area contributed by atoms with Gasteiger partial charge in [0.15, 0.2) is 0 Å². The molecule has 0 N–H and O–H groups in total. The monoisotopic (exact) mass is 488 g/mol. The number of anilines is 2. The Hall–Kier alpha value is -3.94. The number of nitrogens with zero attached hydrogens (tertiary/aromatic N) is 2. The van der Waals surface area contributed by atoms with Gasteiger partial charge >= 0.3 is 5.97 Å². The Morgan fingerprint density at radius 3 is 2.58 bits per heavy atom. The second-order valence-electron chi connectivity index (χ2n) is 9.44. The van der Waals surface area contributed by atoms with Crippen molar-refractivity contribution in [1.82, 2.24) is 0 Å². The first kappa shape index (κ1) is 23.8. The van der Waals surface area contributed by atoms with Crippen LogP contribution in [0.1, 0.15) is 33.1 Å². The first-order valence-corrected chi connectivity index (χ1v) is 12.2. The Morgan fingerprint density at radius 2 is 1.78 bits per heavy atom. The van der Waals surface area contributed by atoms with Gasteiger partial charge < -0.3 is 14.4 Å². The minimum atomic E-state index is -0.650. The van der Waals surface area contributed by atoms with Crippen LogP contribution in [-0.4, -0.2) is 36.8 Å². The molecule has 0 unspecified atom stereocenters. The van der Waals surface area contributed by atoms with E-state index in [0.717, 1.165) is 5.57 Å². The summed E-state index contributed by atoms with van der Waals surface area (Å²) < 4.78 is 11.2. The van der Waals surface area contributed by atoms with E-state index in [4.69, 9.17) is 9.47 Å². The molecular weight excluding hydrogens is 460 g/mol. The van der Waals surface area contributed by atoms with E-state index in [9.17, 15) is 19.2 Å². The van der Waals surface area contributed by atoms with Gasteiger partial charge in [0.25, 0.3) is 0 Å². The number of para-hydroxylation sites is 2. The predicted octanol–water partition coefficient (Wildman–Crippen LogP) is 3.89. The standard InChI is InChI=1S/C28H28N2O6/c1-3-35-24-10-5-4-9-23(24)29-16-18(14-25(29)31)28(34)36-20-8-6-7-19(15-20)30-26(32)21-12-11-17(2)13-22(21)27(30)33/h4-11,15,18,21-22H,3,12-14,16H2,1-2H3/t18-,21+,22+/m1/s1. The fourth-order valence-electron chi connectivity index (χ4n) is 5.23. The molecule has 3 atom stereocenters. The van der Waals surface area contributed by atoms with Crippen molar-refractivity contribution in [3.05, 3.63) is 60.2 Å². The molecule has 2 heterocycles. The van der Waals surface area contributed by atoms with E-state index in [0.29, 0.717) is 36.6 Å². The van der Waals surface area contributed by atoms with Gasteiger partial charge in [-0.2, -0.15) is 0 Å². The Kier molecular flexibility index (Phi) is 6.35. The maximum Gasteiger partial charge on any atom is 0.316 e. The summed E-state index contributed by atoms with van der Waals surface area (Å²) in [6.07, 6.45) is 3.19. The molecule has 0 spiro atoms. The van der Waals surface area contributed by atoms with Gasteiger partial charge in [-0.25, -0.2) is 4.90 Å². The Morgan fingerprint density at radius 1 is 1.00 bits per heavy atom. The summed E-state index contributed by atoms with van der Waals surface area (Å²) in [7, 11) is 0. The molecule has 2 aromatic carbocycles. The number of imide groups is 1. The fourth-order valence-corrected chi connectivity index (χ4v) is 5.23. The van der Waals surface area contributed by atoms with Crippen molar-refractivity contribution < 1.29 is 28.7 Å². The van der Waals surface area contributed by atoms with Crippen LogP contribution in [0, 0.1) is 17.8 Å². The number of carbonyl (C=O) groups excluding carboxylic acids is 4. The molecule has 2 aromatic rings. The van der Waals surface area contributed by atoms with Crippen molar-refractivity contribution in [2.45, 2.75) is 33.1 Å². The normalized spacial score (nSPS) is 23.6. The molecular formula is C28H28N2O6. The molecule has 0 saturated carbocycles. The van der Waals surface area contributed by atoms with Gasteiger partial charge in [0.05, 0.1) is 35.7 Å². The van der Waals surface area contributed by atoms with Crippen molar-refractivity contribution >= 4 is 35.1 Å². The van der Waals surface area contributed by atoms with Crippen molar-refractivity contribution in [3.8, 4) is 11.5 Å². The first-order valence-electron chi connectivity index (χ1n) is 12.2. The topological polar surface area (TPSA) is 93.2 Å². The number of hydrogen-bond acceptors (Lipinski definition) is 6. The summed E-state index contributed by atoms with van der Waals surface area (Å²) in [5, 5.41) is 0. The average molecular weight is 489 g/mol. The Balaban J connectivity index is 1.29. The van der Waals surface area contributed by atoms with Gasteiger partial charge in [-0.1, -0.05) is 29.8 Å². The van der Waals surface area contributed by atoms with E-state index >= 15 is 0 Å². The van der Waals surface area contributed by atoms with Crippen LogP contribution in [0.4, 0.5) is 11.4 Å². The van der Waals surface area contributed by atoms with E-state index in [1.165, 1.54) is 11.0 Å². The van der Waals surface area contributed by atoms with Crippen LogP contribution in [0.25, 0.3) is 0 Å². The lowest BCUT2D eigenvalue weighted by atomic mass is 9.82. The van der Waals surface area contributed by atoms with Crippen molar-refractivity contribution in [1.29, 1.82) is 0 Å². The molecule has 3 amide bonds. The zero-order valence-corrected chi connectivity index (χ0v) is 20.3. The largest absolute Gasteiger partial charge is 0.492 e. The number of benzene rings is 2. The number of rotatable bonds is 6. The molecule has 8 nitrogen and oxygen atoms in total. The molecule has 2 aliphatic heterocycles. The van der Waals surface area contributed by atoms with Gasteiger partial charge in [0.1, 0.15) is 11.5 Å². The number of esters is 1. The molecule has 0 aromatic heterocycles. The van der Waals surface area contributed by atoms with Crippen LogP contribution in [0.2, 0.25) is 0 Å². The third kappa shape index (κ3) is 4.27. The minimum absolute atomic E-state index is 0.0256. The zero-order valence-electron chi connectivity index (χ0n) is 20.3. The van der Waals surface area contributed by atoms with Crippen LogP contribution in [0.5, 0.6) is 11.5 Å². The Bertz CT molecular complexity index is 1270. The summed E-state index contributed by atoms with van der Waals surface area (Å²) in [6, 6.07) is 13.7. The number of allylic oxidation sites excluding steroid dienone is 2. The maximum absolute atomic E-state index is 13.0. The zero-order chi connectivity index (χ0) is 25.4. The van der Waals surface area contributed by atoms with E-state index in [1.54, 1.807) is 35.2 Å². The van der Waals surface area contributed by atoms with Crippen molar-refractivity contribution in [2.75, 3.05) is 23.0 Å². The van der Waals surface area contributed by atoms with Gasteiger partial charge in [-0.3, -0.25) is 19.2 Å². The summed E-state index contributed by atoms with van der Waals surface area (Å²) in [6.45, 7) is 4.48. The highest BCUT2D eigenvalue weighted by molar-refractivity contribution is 6.22. The highest BCUT2D eigenvalue weighted by Crippen LogP contribution is 2.40. The number of fused-ring (bicyclic) bond motifs is 1. The van der Waals surface area contributed by atoms with Crippen molar-refractivity contribution in [3.63, 3.8) is 0 Å². The summed E-state index contributed by atoms with van der Waals surface area (Å²) >= 11 is 0. The van der Waals surface area contributed by atoms with Crippen LogP contribution >= 0.6 is 0 Å². The summed E-state index contributed by atoms with van der Waals surface area (Å²) in [5.41, 5.74) is 2.13. The molecule has 5 rings (SSSR count). The number of hydrogen-bond donors (Lipinski definition) is 0. The van der Waals surface area contributed by atoms with Crippen LogP contribution in [0.3, 0.4) is 0 Å². The molecule has 3 aliphatic rings. The summed E-state index contributed by atoms with van der Waals surface area (Å²) in [5.74, 6) is -1.69. The second kappa shape index (κ2) is 9.60. The fraction of sp³-hybridized carbons (Fsp3) is 0.357. The Labute approximate surface area is 209 Å². The molecule has 0 radical (unpaired) electrons. The number of carbonyl (C=O) groups is 4. The van der Waals surface area contributed by atoms with Gasteiger partial charge in [0, 0.05) is 19.0 Å². The van der Waals surface area contributed by atoms with E-state index in [1.807, 2.05) is 32.1 Å². The average Bonchev–Trinajstić information content (AvgIpc) is 3.37. The van der Waals surface area contributed by atoms with E-state index < -0.39 is 11.9 Å². The molecule has 2 saturated heterocycles. The SMILES string of the molecule is CCOc1ccccc1N1C[C@H](C(=O)Oc2cccc(N3C(=O)[C@H]4CC=C(C)C[C@@H]4C3=O)c2)CC1=O. The lowest BCUT2D eigenvalue weighted by Gasteiger charge is -2.20. The predicted molar refractivity (Wildman–Crippen MR) is 133 cm³/mol. The lowest BCUT2D eigenvalue weighted by Crippen LogP contribution is -2.31. The molecule has 186 valence electrons. The quantitative estimate of drug-likeness (QED) is 0.265. The van der Waals surface area contributed by atoms with Gasteiger partial charge in [0.2, 0.25) is 17.7 Å². The molecule has 36 heavy (non-hydrogen) atoms. The lowest BCUT2D eigenvalue weighted by molar-refractivity contribution is -0.139.